The van der Waals surface area contributed by atoms with Crippen molar-refractivity contribution in [2.24, 2.45) is 17.8 Å². The predicted molar refractivity (Wildman–Crippen MR) is 63.3 cm³/mol. The Labute approximate surface area is 91.6 Å². The molecule has 1 saturated carbocycles. The van der Waals surface area contributed by atoms with Crippen molar-refractivity contribution in [1.29, 1.82) is 0 Å². The zero-order chi connectivity index (χ0) is 9.68. The summed E-state index contributed by atoms with van der Waals surface area (Å²) >= 11 is 3.65. The van der Waals surface area contributed by atoms with Crippen LogP contribution in [0.2, 0.25) is 0 Å². The van der Waals surface area contributed by atoms with Crippen molar-refractivity contribution in [3.63, 3.8) is 0 Å². The van der Waals surface area contributed by atoms with E-state index in [1.807, 2.05) is 0 Å². The topological polar surface area (TPSA) is 0 Å². The number of hydrogen-bond acceptors (Lipinski definition) is 0. The van der Waals surface area contributed by atoms with Crippen molar-refractivity contribution in [3.8, 4) is 0 Å². The van der Waals surface area contributed by atoms with Crippen LogP contribution in [0.1, 0.15) is 52.4 Å². The minimum absolute atomic E-state index is 0.865. The highest BCUT2D eigenvalue weighted by Crippen LogP contribution is 2.32. The molecule has 0 spiro atoms. The lowest BCUT2D eigenvalue weighted by atomic mass is 9.89. The van der Waals surface area contributed by atoms with Crippen molar-refractivity contribution in [1.82, 2.24) is 0 Å². The van der Waals surface area contributed by atoms with Gasteiger partial charge in [-0.05, 0) is 30.6 Å². The van der Waals surface area contributed by atoms with Crippen LogP contribution >= 0.6 is 15.9 Å². The number of hydrogen-bond donors (Lipinski definition) is 0. The lowest BCUT2D eigenvalue weighted by Gasteiger charge is -2.19. The van der Waals surface area contributed by atoms with E-state index in [2.05, 4.69) is 29.8 Å². The van der Waals surface area contributed by atoms with E-state index in [4.69, 9.17) is 0 Å². The van der Waals surface area contributed by atoms with Crippen molar-refractivity contribution in [2.45, 2.75) is 52.4 Å². The summed E-state index contributed by atoms with van der Waals surface area (Å²) in [5.41, 5.74) is 0. The second kappa shape index (κ2) is 6.06. The van der Waals surface area contributed by atoms with E-state index in [1.54, 1.807) is 0 Å². The van der Waals surface area contributed by atoms with Crippen molar-refractivity contribution < 1.29 is 0 Å². The number of alkyl halides is 1. The fourth-order valence-electron chi connectivity index (χ4n) is 2.61. The predicted octanol–water partition coefficient (Wildman–Crippen LogP) is 4.62. The van der Waals surface area contributed by atoms with Gasteiger partial charge in [0.25, 0.3) is 0 Å². The van der Waals surface area contributed by atoms with Gasteiger partial charge in [0.15, 0.2) is 0 Å². The Morgan fingerprint density at radius 3 is 2.31 bits per heavy atom. The molecule has 0 saturated heterocycles. The van der Waals surface area contributed by atoms with Gasteiger partial charge in [0.05, 0.1) is 0 Å². The summed E-state index contributed by atoms with van der Waals surface area (Å²) in [4.78, 5) is 0. The molecule has 1 heteroatoms. The molecule has 1 aliphatic carbocycles. The third-order valence-corrected chi connectivity index (χ3v) is 4.08. The monoisotopic (exact) mass is 246 g/mol. The molecule has 1 unspecified atom stereocenters. The van der Waals surface area contributed by atoms with Crippen LogP contribution in [0, 0.1) is 17.8 Å². The maximum absolute atomic E-state index is 3.65. The minimum Gasteiger partial charge on any atom is -0.0925 e. The molecule has 0 amide bonds. The third-order valence-electron chi connectivity index (χ3n) is 3.16. The summed E-state index contributed by atoms with van der Waals surface area (Å²) in [6.45, 7) is 4.68. The summed E-state index contributed by atoms with van der Waals surface area (Å²) in [5, 5.41) is 1.21. The van der Waals surface area contributed by atoms with Crippen LogP contribution in [0.25, 0.3) is 0 Å². The fourth-order valence-corrected chi connectivity index (χ4v) is 3.14. The molecule has 0 radical (unpaired) electrons. The lowest BCUT2D eigenvalue weighted by Crippen LogP contribution is -2.10. The third kappa shape index (κ3) is 4.49. The molecule has 0 aromatic rings. The highest BCUT2D eigenvalue weighted by molar-refractivity contribution is 9.09. The zero-order valence-corrected chi connectivity index (χ0v) is 10.6. The highest BCUT2D eigenvalue weighted by atomic mass is 79.9. The normalized spacial score (nSPS) is 21.2. The van der Waals surface area contributed by atoms with Gasteiger partial charge < -0.3 is 0 Å². The lowest BCUT2D eigenvalue weighted by molar-refractivity contribution is 0.350. The molecule has 0 bridgehead atoms. The first-order valence-corrected chi connectivity index (χ1v) is 6.90. The van der Waals surface area contributed by atoms with Gasteiger partial charge in [-0.2, -0.15) is 0 Å². The maximum Gasteiger partial charge on any atom is 0.00598 e. The molecule has 0 N–H and O–H groups in total. The molecule has 1 fully saturated rings. The van der Waals surface area contributed by atoms with Crippen LogP contribution in [0.5, 0.6) is 0 Å². The van der Waals surface area contributed by atoms with Gasteiger partial charge in [-0.25, -0.2) is 0 Å². The van der Waals surface area contributed by atoms with Gasteiger partial charge in [-0.3, -0.25) is 0 Å². The van der Waals surface area contributed by atoms with E-state index in [0.29, 0.717) is 0 Å². The molecule has 78 valence electrons. The molecule has 0 nitrogen and oxygen atoms in total. The molecule has 0 aliphatic heterocycles. The molecule has 1 rings (SSSR count). The number of halogens is 1. The van der Waals surface area contributed by atoms with E-state index >= 15 is 0 Å². The standard InChI is InChI=1S/C12H23Br/c1-10(2)7-12(9-13)8-11-5-3-4-6-11/h10-12H,3-9H2,1-2H3. The fraction of sp³-hybridized carbons (Fsp3) is 1.00. The van der Waals surface area contributed by atoms with Gasteiger partial charge >= 0.3 is 0 Å². The Balaban J connectivity index is 2.21. The first-order valence-electron chi connectivity index (χ1n) is 5.78. The second-order valence-corrected chi connectivity index (χ2v) is 5.68. The Morgan fingerprint density at radius 2 is 1.85 bits per heavy atom. The molecule has 1 aliphatic rings. The molecular formula is C12H23Br. The van der Waals surface area contributed by atoms with Crippen LogP contribution in [-0.4, -0.2) is 5.33 Å². The molecular weight excluding hydrogens is 224 g/mol. The summed E-state index contributed by atoms with van der Waals surface area (Å²) in [5.74, 6) is 2.85. The molecule has 13 heavy (non-hydrogen) atoms. The largest absolute Gasteiger partial charge is 0.0925 e. The maximum atomic E-state index is 3.65. The zero-order valence-electron chi connectivity index (χ0n) is 9.06. The van der Waals surface area contributed by atoms with Gasteiger partial charge in [0.1, 0.15) is 0 Å². The number of rotatable bonds is 5. The van der Waals surface area contributed by atoms with Crippen LogP contribution in [-0.2, 0) is 0 Å². The summed E-state index contributed by atoms with van der Waals surface area (Å²) in [7, 11) is 0. The summed E-state index contributed by atoms with van der Waals surface area (Å²) in [6, 6.07) is 0. The SMILES string of the molecule is CC(C)CC(CBr)CC1CCCC1. The van der Waals surface area contributed by atoms with Crippen molar-refractivity contribution in [3.05, 3.63) is 0 Å². The first kappa shape index (κ1) is 11.6. The van der Waals surface area contributed by atoms with E-state index in [0.717, 1.165) is 17.8 Å². The van der Waals surface area contributed by atoms with Crippen LogP contribution in [0.15, 0.2) is 0 Å². The van der Waals surface area contributed by atoms with Gasteiger partial charge in [-0.15, -0.1) is 0 Å². The Morgan fingerprint density at radius 1 is 1.23 bits per heavy atom. The highest BCUT2D eigenvalue weighted by Gasteiger charge is 2.19. The Hall–Kier alpha value is 0.480. The quantitative estimate of drug-likeness (QED) is 0.621. The molecule has 0 heterocycles. The van der Waals surface area contributed by atoms with Gasteiger partial charge in [0.2, 0.25) is 0 Å². The van der Waals surface area contributed by atoms with Gasteiger partial charge in [-0.1, -0.05) is 55.5 Å². The smallest absolute Gasteiger partial charge is 0.00598 e. The minimum atomic E-state index is 0.865. The van der Waals surface area contributed by atoms with E-state index in [1.165, 1.54) is 43.9 Å². The molecule has 0 aromatic carbocycles. The van der Waals surface area contributed by atoms with Gasteiger partial charge in [0, 0.05) is 5.33 Å². The summed E-state index contributed by atoms with van der Waals surface area (Å²) in [6.07, 6.45) is 8.86. The van der Waals surface area contributed by atoms with Crippen LogP contribution in [0.4, 0.5) is 0 Å². The molecule has 0 aromatic heterocycles. The average Bonchev–Trinajstić information content (AvgIpc) is 2.55. The van der Waals surface area contributed by atoms with E-state index < -0.39 is 0 Å². The van der Waals surface area contributed by atoms with Crippen molar-refractivity contribution in [2.75, 3.05) is 5.33 Å². The van der Waals surface area contributed by atoms with Crippen molar-refractivity contribution >= 4 is 15.9 Å². The van der Waals surface area contributed by atoms with Crippen LogP contribution < -0.4 is 0 Å². The first-order chi connectivity index (χ1) is 6.22. The summed E-state index contributed by atoms with van der Waals surface area (Å²) < 4.78 is 0. The second-order valence-electron chi connectivity index (χ2n) is 5.04. The average molecular weight is 247 g/mol. The van der Waals surface area contributed by atoms with E-state index in [-0.39, 0.29) is 0 Å². The van der Waals surface area contributed by atoms with Crippen LogP contribution in [0.3, 0.4) is 0 Å². The van der Waals surface area contributed by atoms with E-state index in [9.17, 15) is 0 Å². The Kier molecular flexibility index (Phi) is 5.38. The Bertz CT molecular complexity index is 125. The molecule has 1 atom stereocenters.